The van der Waals surface area contributed by atoms with Crippen LogP contribution < -0.4 is 5.73 Å². The van der Waals surface area contributed by atoms with E-state index in [0.29, 0.717) is 5.82 Å². The van der Waals surface area contributed by atoms with E-state index in [9.17, 15) is 0 Å². The van der Waals surface area contributed by atoms with E-state index in [4.69, 9.17) is 5.73 Å². The summed E-state index contributed by atoms with van der Waals surface area (Å²) in [5, 5.41) is 1.11. The number of rotatable bonds is 0. The Labute approximate surface area is 96.3 Å². The minimum Gasteiger partial charge on any atom is -0.383 e. The molecule has 0 unspecified atom stereocenters. The fourth-order valence-electron chi connectivity index (χ4n) is 2.22. The lowest BCUT2D eigenvalue weighted by atomic mass is 9.87. The summed E-state index contributed by atoms with van der Waals surface area (Å²) in [6.45, 7) is 8.66. The van der Waals surface area contributed by atoms with Crippen molar-refractivity contribution in [3.63, 3.8) is 0 Å². The summed E-state index contributed by atoms with van der Waals surface area (Å²) in [6.07, 6.45) is 4.00. The Morgan fingerprint density at radius 2 is 1.94 bits per heavy atom. The Hall–Kier alpha value is -1.51. The maximum Gasteiger partial charge on any atom is 0.133 e. The third kappa shape index (κ3) is 1.47. The Morgan fingerprint density at radius 1 is 1.31 bits per heavy atom. The number of fused-ring (bicyclic) bond motifs is 1. The topological polar surface area (TPSA) is 43.8 Å². The van der Waals surface area contributed by atoms with Gasteiger partial charge in [0.2, 0.25) is 0 Å². The Bertz CT molecular complexity index is 544. The van der Waals surface area contributed by atoms with Crippen molar-refractivity contribution in [2.75, 3.05) is 5.73 Å². The largest absolute Gasteiger partial charge is 0.383 e. The van der Waals surface area contributed by atoms with E-state index < -0.39 is 0 Å². The SMILES string of the molecule is Cc1cnc(N)c2c(C(C)(C)C)cn(C)c12. The van der Waals surface area contributed by atoms with E-state index in [1.54, 1.807) is 0 Å². The van der Waals surface area contributed by atoms with Crippen molar-refractivity contribution in [1.29, 1.82) is 0 Å². The molecular weight excluding hydrogens is 198 g/mol. The van der Waals surface area contributed by atoms with Crippen molar-refractivity contribution in [2.24, 2.45) is 7.05 Å². The number of pyridine rings is 1. The average molecular weight is 217 g/mol. The Morgan fingerprint density at radius 3 is 2.50 bits per heavy atom. The minimum absolute atomic E-state index is 0.0864. The molecule has 0 aliphatic heterocycles. The van der Waals surface area contributed by atoms with E-state index in [1.807, 2.05) is 6.20 Å². The first-order valence-electron chi connectivity index (χ1n) is 5.53. The van der Waals surface area contributed by atoms with E-state index >= 15 is 0 Å². The van der Waals surface area contributed by atoms with Crippen LogP contribution in [0.25, 0.3) is 10.9 Å². The van der Waals surface area contributed by atoms with Gasteiger partial charge in [-0.15, -0.1) is 0 Å². The van der Waals surface area contributed by atoms with E-state index in [-0.39, 0.29) is 5.41 Å². The maximum absolute atomic E-state index is 6.01. The van der Waals surface area contributed by atoms with Gasteiger partial charge in [-0.25, -0.2) is 4.98 Å². The van der Waals surface area contributed by atoms with E-state index in [1.165, 1.54) is 16.6 Å². The monoisotopic (exact) mass is 217 g/mol. The predicted octanol–water partition coefficient (Wildman–Crippen LogP) is 2.76. The number of nitrogens with two attached hydrogens (primary N) is 1. The molecule has 3 heteroatoms. The second-order valence-corrected chi connectivity index (χ2v) is 5.45. The van der Waals surface area contributed by atoms with Crippen LogP contribution in [0.4, 0.5) is 5.82 Å². The van der Waals surface area contributed by atoms with Gasteiger partial charge in [-0.3, -0.25) is 0 Å². The van der Waals surface area contributed by atoms with E-state index in [2.05, 4.69) is 50.5 Å². The summed E-state index contributed by atoms with van der Waals surface area (Å²) in [7, 11) is 2.06. The molecule has 2 N–H and O–H groups in total. The molecule has 0 aromatic carbocycles. The zero-order valence-electron chi connectivity index (χ0n) is 10.6. The summed E-state index contributed by atoms with van der Waals surface area (Å²) >= 11 is 0. The van der Waals surface area contributed by atoms with Crippen molar-refractivity contribution in [3.8, 4) is 0 Å². The molecular formula is C13H19N3. The van der Waals surface area contributed by atoms with Crippen molar-refractivity contribution >= 4 is 16.7 Å². The third-order valence-corrected chi connectivity index (χ3v) is 3.02. The predicted molar refractivity (Wildman–Crippen MR) is 68.6 cm³/mol. The summed E-state index contributed by atoms with van der Waals surface area (Å²) in [5.74, 6) is 0.631. The summed E-state index contributed by atoms with van der Waals surface area (Å²) in [6, 6.07) is 0. The number of anilines is 1. The van der Waals surface area contributed by atoms with Crippen LogP contribution in [0, 0.1) is 6.92 Å². The normalized spacial score (nSPS) is 12.3. The molecule has 0 fully saturated rings. The standard InChI is InChI=1S/C13H19N3/c1-8-6-15-12(14)10-9(13(2,3)4)7-16(5)11(8)10/h6-7H,1-5H3,(H2,14,15). The summed E-state index contributed by atoms with van der Waals surface area (Å²) < 4.78 is 2.14. The zero-order chi connectivity index (χ0) is 12.1. The quantitative estimate of drug-likeness (QED) is 0.737. The molecule has 0 radical (unpaired) electrons. The van der Waals surface area contributed by atoms with Crippen molar-refractivity contribution < 1.29 is 0 Å². The Balaban J connectivity index is 2.94. The van der Waals surface area contributed by atoms with Gasteiger partial charge in [-0.1, -0.05) is 20.8 Å². The van der Waals surface area contributed by atoms with Crippen LogP contribution in [-0.2, 0) is 12.5 Å². The molecule has 2 aromatic heterocycles. The van der Waals surface area contributed by atoms with Gasteiger partial charge in [-0.2, -0.15) is 0 Å². The molecule has 2 aromatic rings. The van der Waals surface area contributed by atoms with Crippen molar-refractivity contribution in [3.05, 3.63) is 23.5 Å². The van der Waals surface area contributed by atoms with Gasteiger partial charge in [0.15, 0.2) is 0 Å². The lowest BCUT2D eigenvalue weighted by Gasteiger charge is -2.17. The number of aryl methyl sites for hydroxylation is 2. The van der Waals surface area contributed by atoms with E-state index in [0.717, 1.165) is 5.39 Å². The molecule has 0 bridgehead atoms. The lowest BCUT2D eigenvalue weighted by molar-refractivity contribution is 0.593. The van der Waals surface area contributed by atoms with Crippen LogP contribution in [-0.4, -0.2) is 9.55 Å². The van der Waals surface area contributed by atoms with Crippen LogP contribution in [0.2, 0.25) is 0 Å². The van der Waals surface area contributed by atoms with Crippen LogP contribution in [0.3, 0.4) is 0 Å². The molecule has 0 aliphatic carbocycles. The second kappa shape index (κ2) is 3.24. The highest BCUT2D eigenvalue weighted by molar-refractivity contribution is 5.95. The maximum atomic E-state index is 6.01. The smallest absolute Gasteiger partial charge is 0.133 e. The van der Waals surface area contributed by atoms with Gasteiger partial charge in [-0.05, 0) is 23.5 Å². The number of nitrogen functional groups attached to an aromatic ring is 1. The minimum atomic E-state index is 0.0864. The molecule has 16 heavy (non-hydrogen) atoms. The molecule has 0 amide bonds. The lowest BCUT2D eigenvalue weighted by Crippen LogP contribution is -2.11. The molecule has 86 valence electrons. The van der Waals surface area contributed by atoms with Crippen LogP contribution in [0.1, 0.15) is 31.9 Å². The highest BCUT2D eigenvalue weighted by atomic mass is 14.9. The van der Waals surface area contributed by atoms with Crippen LogP contribution >= 0.6 is 0 Å². The van der Waals surface area contributed by atoms with Crippen LogP contribution in [0.15, 0.2) is 12.4 Å². The molecule has 0 atom stereocenters. The second-order valence-electron chi connectivity index (χ2n) is 5.45. The van der Waals surface area contributed by atoms with Gasteiger partial charge in [0.25, 0.3) is 0 Å². The highest BCUT2D eigenvalue weighted by Crippen LogP contribution is 2.34. The third-order valence-electron chi connectivity index (χ3n) is 3.02. The van der Waals surface area contributed by atoms with Gasteiger partial charge < -0.3 is 10.3 Å². The molecule has 2 heterocycles. The molecule has 0 spiro atoms. The first kappa shape index (κ1) is 11.0. The number of hydrogen-bond acceptors (Lipinski definition) is 2. The fourth-order valence-corrected chi connectivity index (χ4v) is 2.22. The molecule has 2 rings (SSSR count). The molecule has 0 saturated heterocycles. The molecule has 3 nitrogen and oxygen atoms in total. The van der Waals surface area contributed by atoms with Gasteiger partial charge in [0.1, 0.15) is 5.82 Å². The first-order chi connectivity index (χ1) is 7.32. The Kier molecular flexibility index (Phi) is 2.22. The zero-order valence-corrected chi connectivity index (χ0v) is 10.6. The first-order valence-corrected chi connectivity index (χ1v) is 5.53. The van der Waals surface area contributed by atoms with Gasteiger partial charge in [0.05, 0.1) is 5.52 Å². The number of hydrogen-bond donors (Lipinski definition) is 1. The number of aromatic nitrogens is 2. The van der Waals surface area contributed by atoms with Gasteiger partial charge in [0, 0.05) is 24.8 Å². The van der Waals surface area contributed by atoms with Crippen LogP contribution in [0.5, 0.6) is 0 Å². The molecule has 0 saturated carbocycles. The van der Waals surface area contributed by atoms with Gasteiger partial charge >= 0.3 is 0 Å². The molecule has 0 aliphatic rings. The fraction of sp³-hybridized carbons (Fsp3) is 0.462. The van der Waals surface area contributed by atoms with Crippen molar-refractivity contribution in [2.45, 2.75) is 33.1 Å². The number of nitrogens with zero attached hydrogens (tertiary/aromatic N) is 2. The highest BCUT2D eigenvalue weighted by Gasteiger charge is 2.22. The van der Waals surface area contributed by atoms with Crippen molar-refractivity contribution in [1.82, 2.24) is 9.55 Å². The summed E-state index contributed by atoms with van der Waals surface area (Å²) in [5.41, 5.74) is 9.72. The average Bonchev–Trinajstić information content (AvgIpc) is 2.51. The summed E-state index contributed by atoms with van der Waals surface area (Å²) in [4.78, 5) is 4.26.